The van der Waals surface area contributed by atoms with Crippen LogP contribution in [0, 0.1) is 5.92 Å². The van der Waals surface area contributed by atoms with Crippen molar-refractivity contribution in [2.45, 2.75) is 58.3 Å². The Morgan fingerprint density at radius 1 is 1.11 bits per heavy atom. The molecule has 1 fully saturated rings. The van der Waals surface area contributed by atoms with E-state index in [9.17, 15) is 0 Å². The van der Waals surface area contributed by atoms with Crippen LogP contribution in [0.1, 0.15) is 57.4 Å². The monoisotopic (exact) mass is 246 g/mol. The Hall–Kier alpha value is -0.980. The topological polar surface area (TPSA) is 9.23 Å². The van der Waals surface area contributed by atoms with Gasteiger partial charge in [-0.1, -0.05) is 44.7 Å². The highest BCUT2D eigenvalue weighted by Gasteiger charge is 2.21. The molecule has 1 nitrogen and oxygen atoms in total. The molecule has 1 aliphatic rings. The molecule has 0 unspecified atom stereocenters. The third-order valence-electron chi connectivity index (χ3n) is 3.65. The van der Waals surface area contributed by atoms with Crippen LogP contribution < -0.4 is 4.74 Å². The van der Waals surface area contributed by atoms with Gasteiger partial charge in [0.25, 0.3) is 0 Å². The Morgan fingerprint density at radius 3 is 2.72 bits per heavy atom. The summed E-state index contributed by atoms with van der Waals surface area (Å²) >= 11 is 0. The molecule has 1 aromatic rings. The first-order valence-electron chi connectivity index (χ1n) is 7.60. The number of benzene rings is 1. The van der Waals surface area contributed by atoms with Gasteiger partial charge < -0.3 is 4.74 Å². The average molecular weight is 246 g/mol. The summed E-state index contributed by atoms with van der Waals surface area (Å²) in [6.45, 7) is 3.18. The van der Waals surface area contributed by atoms with E-state index >= 15 is 0 Å². The quantitative estimate of drug-likeness (QED) is 0.558. The van der Waals surface area contributed by atoms with Crippen molar-refractivity contribution in [1.29, 1.82) is 0 Å². The predicted molar refractivity (Wildman–Crippen MR) is 77.1 cm³/mol. The van der Waals surface area contributed by atoms with Crippen LogP contribution in [0.3, 0.4) is 0 Å². The summed E-state index contributed by atoms with van der Waals surface area (Å²) in [6, 6.07) is 8.67. The first-order valence-corrected chi connectivity index (χ1v) is 7.60. The third kappa shape index (κ3) is 5.12. The van der Waals surface area contributed by atoms with E-state index in [4.69, 9.17) is 4.74 Å². The molecule has 0 amide bonds. The number of aryl methyl sites for hydroxylation is 1. The summed E-state index contributed by atoms with van der Waals surface area (Å²) in [6.07, 6.45) is 10.7. The predicted octanol–water partition coefficient (Wildman–Crippen LogP) is 4.99. The van der Waals surface area contributed by atoms with Crippen molar-refractivity contribution >= 4 is 0 Å². The molecule has 0 spiro atoms. The molecule has 0 saturated heterocycles. The van der Waals surface area contributed by atoms with E-state index in [1.165, 1.54) is 56.9 Å². The fourth-order valence-electron chi connectivity index (χ4n) is 2.22. The average Bonchev–Trinajstić information content (AvgIpc) is 3.21. The Kier molecular flexibility index (Phi) is 5.57. The number of rotatable bonds is 9. The molecular formula is C17H26O. The van der Waals surface area contributed by atoms with Gasteiger partial charge in [0.1, 0.15) is 5.75 Å². The molecule has 1 heteroatoms. The van der Waals surface area contributed by atoms with E-state index in [0.717, 1.165) is 18.3 Å². The van der Waals surface area contributed by atoms with Gasteiger partial charge in [0.15, 0.2) is 0 Å². The maximum Gasteiger partial charge on any atom is 0.119 e. The van der Waals surface area contributed by atoms with E-state index in [1.54, 1.807) is 0 Å². The van der Waals surface area contributed by atoms with Gasteiger partial charge in [-0.25, -0.2) is 0 Å². The molecule has 0 radical (unpaired) electrons. The zero-order valence-corrected chi connectivity index (χ0v) is 11.7. The second kappa shape index (κ2) is 7.45. The first kappa shape index (κ1) is 13.5. The fraction of sp³-hybridized carbons (Fsp3) is 0.647. The number of ether oxygens (including phenoxy) is 1. The van der Waals surface area contributed by atoms with Crippen molar-refractivity contribution in [3.63, 3.8) is 0 Å². The zero-order chi connectivity index (χ0) is 12.6. The molecule has 18 heavy (non-hydrogen) atoms. The Morgan fingerprint density at radius 2 is 1.94 bits per heavy atom. The van der Waals surface area contributed by atoms with E-state index < -0.39 is 0 Å². The van der Waals surface area contributed by atoms with Gasteiger partial charge in [0.05, 0.1) is 6.61 Å². The first-order chi connectivity index (χ1) is 8.88. The van der Waals surface area contributed by atoms with Crippen molar-refractivity contribution in [2.24, 2.45) is 5.92 Å². The second-order valence-electron chi connectivity index (χ2n) is 5.57. The van der Waals surface area contributed by atoms with Crippen LogP contribution in [0.4, 0.5) is 0 Å². The van der Waals surface area contributed by atoms with E-state index in [1.807, 2.05) is 0 Å². The van der Waals surface area contributed by atoms with Gasteiger partial charge in [-0.05, 0) is 49.3 Å². The lowest BCUT2D eigenvalue weighted by atomic mass is 10.1. The molecule has 0 aromatic heterocycles. The summed E-state index contributed by atoms with van der Waals surface area (Å²) in [5.41, 5.74) is 1.43. The van der Waals surface area contributed by atoms with Gasteiger partial charge >= 0.3 is 0 Å². The van der Waals surface area contributed by atoms with Crippen LogP contribution >= 0.6 is 0 Å². The largest absolute Gasteiger partial charge is 0.493 e. The van der Waals surface area contributed by atoms with E-state index in [-0.39, 0.29) is 0 Å². The molecule has 0 heterocycles. The Labute approximate surface area is 112 Å². The lowest BCUT2D eigenvalue weighted by Crippen LogP contribution is -1.99. The van der Waals surface area contributed by atoms with Crippen molar-refractivity contribution in [2.75, 3.05) is 6.61 Å². The standard InChI is InChI=1S/C17H26O/c1-2-3-4-5-6-8-15-9-7-10-17(13-15)18-14-16-11-12-16/h7,9-10,13,16H,2-6,8,11-12,14H2,1H3. The van der Waals surface area contributed by atoms with Gasteiger partial charge in [0.2, 0.25) is 0 Å². The number of hydrogen-bond acceptors (Lipinski definition) is 1. The summed E-state index contributed by atoms with van der Waals surface area (Å²) in [4.78, 5) is 0. The van der Waals surface area contributed by atoms with Crippen molar-refractivity contribution in [3.05, 3.63) is 29.8 Å². The third-order valence-corrected chi connectivity index (χ3v) is 3.65. The van der Waals surface area contributed by atoms with Crippen LogP contribution in [0.15, 0.2) is 24.3 Å². The smallest absolute Gasteiger partial charge is 0.119 e. The minimum Gasteiger partial charge on any atom is -0.493 e. The molecule has 0 bridgehead atoms. The summed E-state index contributed by atoms with van der Waals surface area (Å²) in [7, 11) is 0. The van der Waals surface area contributed by atoms with Gasteiger partial charge in [0, 0.05) is 0 Å². The lowest BCUT2D eigenvalue weighted by Gasteiger charge is -2.07. The summed E-state index contributed by atoms with van der Waals surface area (Å²) in [5.74, 6) is 1.90. The van der Waals surface area contributed by atoms with Crippen LogP contribution in [0.25, 0.3) is 0 Å². The van der Waals surface area contributed by atoms with Crippen molar-refractivity contribution in [3.8, 4) is 5.75 Å². The maximum atomic E-state index is 5.82. The van der Waals surface area contributed by atoms with E-state index in [2.05, 4.69) is 31.2 Å². The molecule has 100 valence electrons. The molecule has 1 aliphatic carbocycles. The normalized spacial score (nSPS) is 14.7. The molecule has 1 saturated carbocycles. The van der Waals surface area contributed by atoms with Gasteiger partial charge in [-0.15, -0.1) is 0 Å². The van der Waals surface area contributed by atoms with Gasteiger partial charge in [-0.3, -0.25) is 0 Å². The van der Waals surface area contributed by atoms with E-state index in [0.29, 0.717) is 0 Å². The molecule has 0 aliphatic heterocycles. The molecule has 0 N–H and O–H groups in total. The van der Waals surface area contributed by atoms with Crippen molar-refractivity contribution in [1.82, 2.24) is 0 Å². The second-order valence-corrected chi connectivity index (χ2v) is 5.57. The summed E-state index contributed by atoms with van der Waals surface area (Å²) in [5, 5.41) is 0. The summed E-state index contributed by atoms with van der Waals surface area (Å²) < 4.78 is 5.82. The zero-order valence-electron chi connectivity index (χ0n) is 11.7. The molecule has 0 atom stereocenters. The minimum absolute atomic E-state index is 0.836. The SMILES string of the molecule is CCCCCCCc1cccc(OCC2CC2)c1. The highest BCUT2D eigenvalue weighted by atomic mass is 16.5. The molecule has 1 aromatic carbocycles. The van der Waals surface area contributed by atoms with Crippen LogP contribution in [0.5, 0.6) is 5.75 Å². The van der Waals surface area contributed by atoms with Crippen LogP contribution in [0.2, 0.25) is 0 Å². The highest BCUT2D eigenvalue weighted by molar-refractivity contribution is 5.28. The highest BCUT2D eigenvalue weighted by Crippen LogP contribution is 2.29. The minimum atomic E-state index is 0.836. The molecule has 2 rings (SSSR count). The van der Waals surface area contributed by atoms with Crippen molar-refractivity contribution < 1.29 is 4.74 Å². The Bertz CT molecular complexity index is 341. The lowest BCUT2D eigenvalue weighted by molar-refractivity contribution is 0.299. The Balaban J connectivity index is 1.68. The van der Waals surface area contributed by atoms with Crippen LogP contribution in [-0.4, -0.2) is 6.61 Å². The van der Waals surface area contributed by atoms with Gasteiger partial charge in [-0.2, -0.15) is 0 Å². The fourth-order valence-corrected chi connectivity index (χ4v) is 2.22. The maximum absolute atomic E-state index is 5.82. The number of hydrogen-bond donors (Lipinski definition) is 0. The molecular weight excluding hydrogens is 220 g/mol. The number of unbranched alkanes of at least 4 members (excludes halogenated alkanes) is 4. The van der Waals surface area contributed by atoms with Crippen LogP contribution in [-0.2, 0) is 6.42 Å².